The van der Waals surface area contributed by atoms with Gasteiger partial charge in [0.2, 0.25) is 5.91 Å². The van der Waals surface area contributed by atoms with E-state index in [0.717, 1.165) is 6.08 Å². The van der Waals surface area contributed by atoms with E-state index in [1.165, 1.54) is 27.7 Å². The second-order valence-electron chi connectivity index (χ2n) is 9.12. The van der Waals surface area contributed by atoms with Gasteiger partial charge in [0.15, 0.2) is 17.3 Å². The molecule has 0 unspecified atom stereocenters. The van der Waals surface area contributed by atoms with Crippen molar-refractivity contribution in [2.75, 3.05) is 0 Å². The first-order valence-corrected chi connectivity index (χ1v) is 10.6. The van der Waals surface area contributed by atoms with Crippen molar-refractivity contribution in [3.05, 3.63) is 39.8 Å². The molecule has 2 aliphatic rings. The number of ether oxygens (including phenoxy) is 1. The van der Waals surface area contributed by atoms with Crippen LogP contribution < -0.4 is 15.8 Å². The van der Waals surface area contributed by atoms with Gasteiger partial charge >= 0.3 is 0 Å². The Labute approximate surface area is 191 Å². The van der Waals surface area contributed by atoms with Gasteiger partial charge in [0, 0.05) is 17.3 Å². The molecule has 1 aliphatic carbocycles. The Bertz CT molecular complexity index is 1180. The summed E-state index contributed by atoms with van der Waals surface area (Å²) in [6.07, 6.45) is 1.52. The molecule has 9 heteroatoms. The number of primary amides is 1. The summed E-state index contributed by atoms with van der Waals surface area (Å²) in [7, 11) is 0. The maximum absolute atomic E-state index is 13.7. The molecule has 0 bridgehead atoms. The Hall–Kier alpha value is -3.62. The molecule has 2 atom stereocenters. The van der Waals surface area contributed by atoms with Crippen molar-refractivity contribution in [1.82, 2.24) is 5.32 Å². The van der Waals surface area contributed by atoms with Crippen LogP contribution in [0.2, 0.25) is 0 Å². The van der Waals surface area contributed by atoms with Crippen molar-refractivity contribution in [1.29, 1.82) is 0 Å². The molecule has 0 aromatic heterocycles. The summed E-state index contributed by atoms with van der Waals surface area (Å²) in [5, 5.41) is 24.1. The minimum absolute atomic E-state index is 0.00526. The lowest BCUT2D eigenvalue weighted by atomic mass is 9.70. The van der Waals surface area contributed by atoms with E-state index in [1.807, 2.05) is 13.8 Å². The molecule has 1 aromatic rings. The molecule has 1 aromatic carbocycles. The Morgan fingerprint density at radius 1 is 1.18 bits per heavy atom. The number of carbonyl (C=O) groups excluding carboxylic acids is 4. The Balaban J connectivity index is 2.21. The number of benzene rings is 1. The molecule has 0 saturated carbocycles. The van der Waals surface area contributed by atoms with E-state index in [0.29, 0.717) is 6.42 Å². The number of Topliss-reactive ketones (excluding diaryl/α,β-unsaturated/α-hetero) is 2. The fraction of sp³-hybridized carbons (Fsp3) is 0.417. The molecule has 0 radical (unpaired) electrons. The SMILES string of the molecule is CC(=O)c1c(O)c(C)c(O)c2c1OC1=CC(=O)/C(=C(/C)N[C@H](CC(C)C)C(N)=O)C(=O)[C@]12C. The highest BCUT2D eigenvalue weighted by Gasteiger charge is 2.56. The summed E-state index contributed by atoms with van der Waals surface area (Å²) in [4.78, 5) is 50.8. The largest absolute Gasteiger partial charge is 0.507 e. The van der Waals surface area contributed by atoms with Crippen LogP contribution in [-0.2, 0) is 19.8 Å². The maximum atomic E-state index is 13.7. The zero-order valence-electron chi connectivity index (χ0n) is 19.5. The quantitative estimate of drug-likeness (QED) is 0.288. The lowest BCUT2D eigenvalue weighted by Crippen LogP contribution is -2.45. The monoisotopic (exact) mass is 456 g/mol. The van der Waals surface area contributed by atoms with Crippen LogP contribution in [0.4, 0.5) is 0 Å². The van der Waals surface area contributed by atoms with E-state index in [-0.39, 0.29) is 45.4 Å². The van der Waals surface area contributed by atoms with Crippen molar-refractivity contribution in [3.8, 4) is 17.2 Å². The summed E-state index contributed by atoms with van der Waals surface area (Å²) in [5.41, 5.74) is 3.68. The molecule has 1 heterocycles. The number of hydrogen-bond acceptors (Lipinski definition) is 8. The number of nitrogens with two attached hydrogens (primary N) is 1. The zero-order valence-corrected chi connectivity index (χ0v) is 19.5. The summed E-state index contributed by atoms with van der Waals surface area (Å²) >= 11 is 0. The number of hydrogen-bond donors (Lipinski definition) is 4. The number of allylic oxidation sites excluding steroid dienone is 4. The smallest absolute Gasteiger partial charge is 0.239 e. The van der Waals surface area contributed by atoms with Gasteiger partial charge < -0.3 is 26.0 Å². The van der Waals surface area contributed by atoms with Gasteiger partial charge in [-0.1, -0.05) is 13.8 Å². The Morgan fingerprint density at radius 3 is 2.30 bits per heavy atom. The molecule has 33 heavy (non-hydrogen) atoms. The van der Waals surface area contributed by atoms with E-state index in [4.69, 9.17) is 10.5 Å². The van der Waals surface area contributed by atoms with Crippen LogP contribution in [0.5, 0.6) is 17.2 Å². The minimum atomic E-state index is -1.62. The van der Waals surface area contributed by atoms with Crippen molar-refractivity contribution in [3.63, 3.8) is 0 Å². The number of aromatic hydroxyl groups is 2. The predicted octanol–water partition coefficient (Wildman–Crippen LogP) is 2.06. The predicted molar refractivity (Wildman–Crippen MR) is 119 cm³/mol. The van der Waals surface area contributed by atoms with Gasteiger partial charge in [-0.15, -0.1) is 0 Å². The Morgan fingerprint density at radius 2 is 1.79 bits per heavy atom. The summed E-state index contributed by atoms with van der Waals surface area (Å²) in [6.45, 7) is 9.43. The van der Waals surface area contributed by atoms with E-state index in [1.54, 1.807) is 0 Å². The molecule has 5 N–H and O–H groups in total. The van der Waals surface area contributed by atoms with Crippen LogP contribution in [-0.4, -0.2) is 39.5 Å². The third-order valence-corrected chi connectivity index (χ3v) is 6.20. The van der Waals surface area contributed by atoms with E-state index < -0.39 is 46.2 Å². The van der Waals surface area contributed by atoms with E-state index in [2.05, 4.69) is 5.32 Å². The fourth-order valence-electron chi connectivity index (χ4n) is 4.41. The van der Waals surface area contributed by atoms with Gasteiger partial charge in [-0.05, 0) is 40.0 Å². The Kier molecular flexibility index (Phi) is 5.87. The highest BCUT2D eigenvalue weighted by Crippen LogP contribution is 2.57. The van der Waals surface area contributed by atoms with Crippen LogP contribution >= 0.6 is 0 Å². The third kappa shape index (κ3) is 3.57. The number of carbonyl (C=O) groups is 4. The second kappa shape index (κ2) is 8.06. The fourth-order valence-corrected chi connectivity index (χ4v) is 4.41. The van der Waals surface area contributed by atoms with Gasteiger partial charge in [-0.25, -0.2) is 0 Å². The molecule has 3 rings (SSSR count). The molecule has 9 nitrogen and oxygen atoms in total. The molecule has 1 aliphatic heterocycles. The van der Waals surface area contributed by atoms with Crippen molar-refractivity contribution in [2.45, 2.75) is 59.4 Å². The van der Waals surface area contributed by atoms with Crippen LogP contribution in [0.3, 0.4) is 0 Å². The van der Waals surface area contributed by atoms with E-state index in [9.17, 15) is 29.4 Å². The molecule has 0 spiro atoms. The van der Waals surface area contributed by atoms with Gasteiger partial charge in [-0.3, -0.25) is 19.2 Å². The zero-order chi connectivity index (χ0) is 25.0. The molecular formula is C24H28N2O7. The number of phenols is 2. The van der Waals surface area contributed by atoms with Gasteiger partial charge in [0.25, 0.3) is 0 Å². The first kappa shape index (κ1) is 24.0. The van der Waals surface area contributed by atoms with Crippen molar-refractivity contribution < 1.29 is 34.1 Å². The highest BCUT2D eigenvalue weighted by atomic mass is 16.5. The molecule has 176 valence electrons. The summed E-state index contributed by atoms with van der Waals surface area (Å²) < 4.78 is 5.73. The first-order chi connectivity index (χ1) is 15.2. The standard InChI is InChI=1S/C24H28N2O7/c1-9(2)7-13(23(25)32)26-11(4)16-14(28)8-15-24(6,22(16)31)18-20(30)10(3)19(29)17(12(5)27)21(18)33-15/h8-9,13,26,29-30H,7H2,1-6H3,(H2,25,32)/b16-11+/t13-,24-/m1/s1. The number of nitrogens with one attached hydrogen (secondary N) is 1. The molecular weight excluding hydrogens is 428 g/mol. The van der Waals surface area contributed by atoms with Crippen LogP contribution in [0, 0.1) is 12.8 Å². The number of amides is 1. The topological polar surface area (TPSA) is 156 Å². The van der Waals surface area contributed by atoms with Crippen LogP contribution in [0.15, 0.2) is 23.1 Å². The lowest BCUT2D eigenvalue weighted by molar-refractivity contribution is -0.124. The average Bonchev–Trinajstić information content (AvgIpc) is 2.98. The summed E-state index contributed by atoms with van der Waals surface area (Å²) in [6, 6.07) is -0.791. The molecule has 0 saturated heterocycles. The van der Waals surface area contributed by atoms with Gasteiger partial charge in [0.05, 0.1) is 11.1 Å². The van der Waals surface area contributed by atoms with Crippen LogP contribution in [0.1, 0.15) is 62.5 Å². The third-order valence-electron chi connectivity index (χ3n) is 6.20. The summed E-state index contributed by atoms with van der Waals surface area (Å²) in [5.74, 6) is -3.40. The maximum Gasteiger partial charge on any atom is 0.239 e. The average molecular weight is 456 g/mol. The minimum Gasteiger partial charge on any atom is -0.507 e. The normalized spacial score (nSPS) is 21.7. The molecule has 1 amide bonds. The van der Waals surface area contributed by atoms with Crippen LogP contribution in [0.25, 0.3) is 0 Å². The first-order valence-electron chi connectivity index (χ1n) is 10.6. The molecule has 0 fully saturated rings. The van der Waals surface area contributed by atoms with Crippen molar-refractivity contribution >= 4 is 23.3 Å². The number of phenolic OH excluding ortho intramolecular Hbond substituents is 2. The lowest BCUT2D eigenvalue weighted by Gasteiger charge is -2.29. The van der Waals surface area contributed by atoms with Gasteiger partial charge in [0.1, 0.15) is 40.0 Å². The van der Waals surface area contributed by atoms with E-state index >= 15 is 0 Å². The number of fused-ring (bicyclic) bond motifs is 3. The van der Waals surface area contributed by atoms with Gasteiger partial charge in [-0.2, -0.15) is 0 Å². The number of ketones is 3. The number of rotatable bonds is 6. The second-order valence-corrected chi connectivity index (χ2v) is 9.12. The van der Waals surface area contributed by atoms with Crippen molar-refractivity contribution in [2.24, 2.45) is 11.7 Å². The highest BCUT2D eigenvalue weighted by molar-refractivity contribution is 6.31.